The Morgan fingerprint density at radius 1 is 1.46 bits per heavy atom. The van der Waals surface area contributed by atoms with Crippen LogP contribution in [0.15, 0.2) is 12.7 Å². The smallest absolute Gasteiger partial charge is 0.0920 e. The van der Waals surface area contributed by atoms with Crippen LogP contribution in [0.1, 0.15) is 39.0 Å². The Morgan fingerprint density at radius 2 is 2.08 bits per heavy atom. The van der Waals surface area contributed by atoms with Crippen LogP contribution < -0.4 is 5.32 Å². The maximum Gasteiger partial charge on any atom is 0.0920 e. The fourth-order valence-electron chi connectivity index (χ4n) is 1.73. The van der Waals surface area contributed by atoms with Gasteiger partial charge in [0.15, 0.2) is 0 Å². The molecule has 0 aromatic heterocycles. The number of nitrogens with one attached hydrogen (secondary N) is 1. The minimum Gasteiger partial charge on any atom is -0.385 e. The van der Waals surface area contributed by atoms with Gasteiger partial charge in [-0.25, -0.2) is 0 Å². The topological polar surface area (TPSA) is 32.3 Å². The van der Waals surface area contributed by atoms with Gasteiger partial charge in [-0.1, -0.05) is 25.3 Å². The lowest BCUT2D eigenvalue weighted by atomic mass is 9.95. The molecule has 0 spiro atoms. The fourth-order valence-corrected chi connectivity index (χ4v) is 1.73. The lowest BCUT2D eigenvalue weighted by Crippen LogP contribution is -2.41. The Kier molecular flexibility index (Phi) is 3.94. The summed E-state index contributed by atoms with van der Waals surface area (Å²) in [6.45, 7) is 6.02. The van der Waals surface area contributed by atoms with Crippen LogP contribution in [0, 0.1) is 0 Å². The van der Waals surface area contributed by atoms with E-state index in [1.807, 2.05) is 0 Å². The second-order valence-electron chi connectivity index (χ2n) is 4.28. The molecule has 1 fully saturated rings. The molecule has 1 aliphatic rings. The van der Waals surface area contributed by atoms with E-state index in [0.717, 1.165) is 0 Å². The zero-order valence-corrected chi connectivity index (χ0v) is 8.55. The molecule has 1 unspecified atom stereocenters. The van der Waals surface area contributed by atoms with Crippen molar-refractivity contribution < 1.29 is 5.11 Å². The molecule has 2 heteroatoms. The van der Waals surface area contributed by atoms with Gasteiger partial charge in [0, 0.05) is 12.6 Å². The summed E-state index contributed by atoms with van der Waals surface area (Å²) in [7, 11) is 0. The largest absolute Gasteiger partial charge is 0.385 e. The van der Waals surface area contributed by atoms with E-state index in [0.29, 0.717) is 12.6 Å². The Bertz CT molecular complexity index is 159. The van der Waals surface area contributed by atoms with Crippen LogP contribution in [-0.2, 0) is 0 Å². The van der Waals surface area contributed by atoms with E-state index < -0.39 is 5.60 Å². The van der Waals surface area contributed by atoms with Crippen molar-refractivity contribution in [1.82, 2.24) is 5.32 Å². The standard InChI is InChI=1S/C11H21NO/c1-3-11(2,13)9-12-10-7-5-4-6-8-10/h3,10,12-13H,1,4-9H2,2H3. The Morgan fingerprint density at radius 3 is 2.62 bits per heavy atom. The van der Waals surface area contributed by atoms with Gasteiger partial charge < -0.3 is 10.4 Å². The lowest BCUT2D eigenvalue weighted by molar-refractivity contribution is 0.104. The third kappa shape index (κ3) is 3.92. The van der Waals surface area contributed by atoms with E-state index >= 15 is 0 Å². The quantitative estimate of drug-likeness (QED) is 0.652. The summed E-state index contributed by atoms with van der Waals surface area (Å²) in [6, 6.07) is 0.611. The van der Waals surface area contributed by atoms with Crippen LogP contribution in [0.4, 0.5) is 0 Å². The fraction of sp³-hybridized carbons (Fsp3) is 0.818. The van der Waals surface area contributed by atoms with Crippen molar-refractivity contribution in [2.24, 2.45) is 0 Å². The molecule has 1 rings (SSSR count). The van der Waals surface area contributed by atoms with Crippen LogP contribution in [0.25, 0.3) is 0 Å². The molecule has 76 valence electrons. The molecule has 0 heterocycles. The van der Waals surface area contributed by atoms with Gasteiger partial charge in [-0.2, -0.15) is 0 Å². The highest BCUT2D eigenvalue weighted by molar-refractivity contribution is 4.94. The molecular weight excluding hydrogens is 162 g/mol. The SMILES string of the molecule is C=CC(C)(O)CNC1CCCCC1. The van der Waals surface area contributed by atoms with Crippen molar-refractivity contribution in [3.8, 4) is 0 Å². The number of rotatable bonds is 4. The predicted molar refractivity (Wildman–Crippen MR) is 55.7 cm³/mol. The van der Waals surface area contributed by atoms with E-state index in [4.69, 9.17) is 0 Å². The Hall–Kier alpha value is -0.340. The summed E-state index contributed by atoms with van der Waals surface area (Å²) in [4.78, 5) is 0. The molecule has 13 heavy (non-hydrogen) atoms. The third-order valence-electron chi connectivity index (χ3n) is 2.79. The van der Waals surface area contributed by atoms with Crippen molar-refractivity contribution in [3.63, 3.8) is 0 Å². The lowest BCUT2D eigenvalue weighted by Gasteiger charge is -2.27. The highest BCUT2D eigenvalue weighted by atomic mass is 16.3. The summed E-state index contributed by atoms with van der Waals surface area (Å²) in [5.74, 6) is 0. The maximum atomic E-state index is 9.67. The average molecular weight is 183 g/mol. The molecule has 1 aliphatic carbocycles. The van der Waals surface area contributed by atoms with Crippen molar-refractivity contribution in [2.45, 2.75) is 50.7 Å². The molecule has 0 aromatic rings. The first-order valence-electron chi connectivity index (χ1n) is 5.23. The van der Waals surface area contributed by atoms with Gasteiger partial charge in [0.25, 0.3) is 0 Å². The number of hydrogen-bond donors (Lipinski definition) is 2. The zero-order chi connectivity index (χ0) is 9.73. The molecule has 2 nitrogen and oxygen atoms in total. The van der Waals surface area contributed by atoms with Gasteiger partial charge in [0.1, 0.15) is 0 Å². The monoisotopic (exact) mass is 183 g/mol. The molecule has 0 radical (unpaired) electrons. The predicted octanol–water partition coefficient (Wildman–Crippen LogP) is 1.85. The van der Waals surface area contributed by atoms with Crippen molar-refractivity contribution in [2.75, 3.05) is 6.54 Å². The summed E-state index contributed by atoms with van der Waals surface area (Å²) in [5, 5.41) is 13.1. The average Bonchev–Trinajstić information content (AvgIpc) is 2.17. The minimum atomic E-state index is -0.753. The van der Waals surface area contributed by atoms with Crippen LogP contribution in [0.5, 0.6) is 0 Å². The van der Waals surface area contributed by atoms with Crippen molar-refractivity contribution in [1.29, 1.82) is 0 Å². The van der Waals surface area contributed by atoms with Gasteiger partial charge in [-0.05, 0) is 19.8 Å². The van der Waals surface area contributed by atoms with Crippen LogP contribution in [0.2, 0.25) is 0 Å². The van der Waals surface area contributed by atoms with Gasteiger partial charge in [-0.15, -0.1) is 6.58 Å². The van der Waals surface area contributed by atoms with Crippen molar-refractivity contribution in [3.05, 3.63) is 12.7 Å². The highest BCUT2D eigenvalue weighted by Gasteiger charge is 2.18. The highest BCUT2D eigenvalue weighted by Crippen LogP contribution is 2.17. The van der Waals surface area contributed by atoms with Gasteiger partial charge >= 0.3 is 0 Å². The zero-order valence-electron chi connectivity index (χ0n) is 8.55. The first kappa shape index (κ1) is 10.7. The second kappa shape index (κ2) is 4.77. The summed E-state index contributed by atoms with van der Waals surface area (Å²) < 4.78 is 0. The second-order valence-corrected chi connectivity index (χ2v) is 4.28. The Labute approximate surface area is 81.0 Å². The van der Waals surface area contributed by atoms with E-state index in [2.05, 4.69) is 11.9 Å². The first-order valence-corrected chi connectivity index (χ1v) is 5.23. The molecule has 1 atom stereocenters. The molecule has 0 saturated heterocycles. The summed E-state index contributed by atoms with van der Waals surface area (Å²) in [6.07, 6.45) is 8.14. The Balaban J connectivity index is 2.20. The van der Waals surface area contributed by atoms with E-state index in [-0.39, 0.29) is 0 Å². The molecule has 0 aliphatic heterocycles. The molecule has 0 aromatic carbocycles. The molecule has 0 amide bonds. The number of hydrogen-bond acceptors (Lipinski definition) is 2. The maximum absolute atomic E-state index is 9.67. The minimum absolute atomic E-state index is 0.611. The molecule has 1 saturated carbocycles. The van der Waals surface area contributed by atoms with Gasteiger partial charge in [-0.3, -0.25) is 0 Å². The summed E-state index contributed by atoms with van der Waals surface area (Å²) >= 11 is 0. The van der Waals surface area contributed by atoms with Crippen LogP contribution >= 0.6 is 0 Å². The third-order valence-corrected chi connectivity index (χ3v) is 2.79. The first-order chi connectivity index (χ1) is 6.14. The van der Waals surface area contributed by atoms with E-state index in [9.17, 15) is 5.11 Å². The number of aliphatic hydroxyl groups is 1. The van der Waals surface area contributed by atoms with Gasteiger partial charge in [0.2, 0.25) is 0 Å². The van der Waals surface area contributed by atoms with Crippen molar-refractivity contribution >= 4 is 0 Å². The van der Waals surface area contributed by atoms with E-state index in [1.165, 1.54) is 32.1 Å². The van der Waals surface area contributed by atoms with Gasteiger partial charge in [0.05, 0.1) is 5.60 Å². The van der Waals surface area contributed by atoms with Crippen LogP contribution in [0.3, 0.4) is 0 Å². The summed E-state index contributed by atoms with van der Waals surface area (Å²) in [5.41, 5.74) is -0.753. The van der Waals surface area contributed by atoms with Crippen LogP contribution in [-0.4, -0.2) is 23.3 Å². The molecule has 0 bridgehead atoms. The molecule has 2 N–H and O–H groups in total. The normalized spacial score (nSPS) is 23.8. The molecular formula is C11H21NO. The van der Waals surface area contributed by atoms with E-state index in [1.54, 1.807) is 13.0 Å².